The average Bonchev–Trinajstić information content (AvgIpc) is 2.41. The molecular weight excluding hydrogens is 286 g/mol. The molecule has 0 bridgehead atoms. The molecule has 2 rings (SSSR count). The molecule has 2 aromatic rings. The first kappa shape index (κ1) is 14.5. The van der Waals surface area contributed by atoms with E-state index < -0.39 is 11.6 Å². The van der Waals surface area contributed by atoms with Crippen molar-refractivity contribution in [3.8, 4) is 5.75 Å². The summed E-state index contributed by atoms with van der Waals surface area (Å²) in [6.45, 7) is 1.38. The molecule has 0 heterocycles. The molecule has 0 unspecified atom stereocenters. The molecule has 2 nitrogen and oxygen atoms in total. The third kappa shape index (κ3) is 3.33. The van der Waals surface area contributed by atoms with E-state index in [2.05, 4.69) is 0 Å². The molecule has 0 spiro atoms. The van der Waals surface area contributed by atoms with Crippen LogP contribution in [0.25, 0.3) is 0 Å². The molecule has 0 aliphatic heterocycles. The number of hydrogen-bond acceptors (Lipinski definition) is 2. The SMILES string of the molecule is CC(=O)c1cc(F)ccc1OCc1ccc(Cl)c(F)c1. The van der Waals surface area contributed by atoms with E-state index in [1.54, 1.807) is 6.07 Å². The molecule has 0 radical (unpaired) electrons. The highest BCUT2D eigenvalue weighted by atomic mass is 35.5. The lowest BCUT2D eigenvalue weighted by Crippen LogP contribution is -2.02. The minimum Gasteiger partial charge on any atom is -0.488 e. The van der Waals surface area contributed by atoms with Crippen LogP contribution >= 0.6 is 11.6 Å². The number of halogens is 3. The fraction of sp³-hybridized carbons (Fsp3) is 0.133. The Labute approximate surface area is 119 Å². The largest absolute Gasteiger partial charge is 0.488 e. The average molecular weight is 297 g/mol. The summed E-state index contributed by atoms with van der Waals surface area (Å²) in [6, 6.07) is 7.97. The summed E-state index contributed by atoms with van der Waals surface area (Å²) < 4.78 is 31.8. The monoisotopic (exact) mass is 296 g/mol. The van der Waals surface area contributed by atoms with Gasteiger partial charge < -0.3 is 4.74 Å². The van der Waals surface area contributed by atoms with Crippen molar-refractivity contribution in [2.45, 2.75) is 13.5 Å². The van der Waals surface area contributed by atoms with E-state index in [9.17, 15) is 13.6 Å². The Bertz CT molecular complexity index is 656. The van der Waals surface area contributed by atoms with Crippen molar-refractivity contribution in [1.82, 2.24) is 0 Å². The lowest BCUT2D eigenvalue weighted by atomic mass is 10.1. The fourth-order valence-corrected chi connectivity index (χ4v) is 1.81. The van der Waals surface area contributed by atoms with E-state index in [0.717, 1.165) is 6.07 Å². The number of ether oxygens (including phenoxy) is 1. The molecule has 0 amide bonds. The van der Waals surface area contributed by atoms with Gasteiger partial charge in [-0.05, 0) is 42.8 Å². The second-order valence-corrected chi connectivity index (χ2v) is 4.64. The third-order valence-electron chi connectivity index (χ3n) is 2.70. The topological polar surface area (TPSA) is 26.3 Å². The first-order chi connectivity index (χ1) is 9.47. The zero-order chi connectivity index (χ0) is 14.7. The lowest BCUT2D eigenvalue weighted by molar-refractivity contribution is 0.101. The van der Waals surface area contributed by atoms with Gasteiger partial charge in [0.2, 0.25) is 0 Å². The van der Waals surface area contributed by atoms with Crippen LogP contribution in [0.3, 0.4) is 0 Å². The zero-order valence-corrected chi connectivity index (χ0v) is 11.4. The van der Waals surface area contributed by atoms with Gasteiger partial charge in [0.25, 0.3) is 0 Å². The number of Topliss-reactive ketones (excluding diaryl/α,β-unsaturated/α-hetero) is 1. The first-order valence-corrected chi connectivity index (χ1v) is 6.22. The van der Waals surface area contributed by atoms with Crippen molar-refractivity contribution in [3.05, 3.63) is 64.2 Å². The molecule has 0 aliphatic rings. The number of carbonyl (C=O) groups excluding carboxylic acids is 1. The van der Waals surface area contributed by atoms with Crippen LogP contribution in [0, 0.1) is 11.6 Å². The quantitative estimate of drug-likeness (QED) is 0.782. The van der Waals surface area contributed by atoms with Gasteiger partial charge >= 0.3 is 0 Å². The lowest BCUT2D eigenvalue weighted by Gasteiger charge is -2.10. The molecule has 5 heteroatoms. The number of hydrogen-bond donors (Lipinski definition) is 0. The number of carbonyl (C=O) groups is 1. The predicted octanol–water partition coefficient (Wildman–Crippen LogP) is 4.40. The molecular formula is C15H11ClF2O2. The molecule has 0 atom stereocenters. The number of ketones is 1. The van der Waals surface area contributed by atoms with E-state index in [1.807, 2.05) is 0 Å². The van der Waals surface area contributed by atoms with Crippen molar-refractivity contribution in [2.75, 3.05) is 0 Å². The highest BCUT2D eigenvalue weighted by Gasteiger charge is 2.10. The van der Waals surface area contributed by atoms with Crippen molar-refractivity contribution in [1.29, 1.82) is 0 Å². The molecule has 0 saturated carbocycles. The van der Waals surface area contributed by atoms with E-state index in [0.29, 0.717) is 5.56 Å². The van der Waals surface area contributed by atoms with Gasteiger partial charge in [-0.3, -0.25) is 4.79 Å². The van der Waals surface area contributed by atoms with Crippen LogP contribution in [0.4, 0.5) is 8.78 Å². The van der Waals surface area contributed by atoms with Crippen LogP contribution in [0.1, 0.15) is 22.8 Å². The van der Waals surface area contributed by atoms with Crippen LogP contribution in [-0.4, -0.2) is 5.78 Å². The van der Waals surface area contributed by atoms with Gasteiger partial charge in [0.1, 0.15) is 24.0 Å². The molecule has 0 N–H and O–H groups in total. The summed E-state index contributed by atoms with van der Waals surface area (Å²) in [7, 11) is 0. The maximum atomic E-state index is 13.3. The van der Waals surface area contributed by atoms with Crippen LogP contribution in [-0.2, 0) is 6.61 Å². The summed E-state index contributed by atoms with van der Waals surface area (Å²) in [5.74, 6) is -1.10. The van der Waals surface area contributed by atoms with E-state index in [-0.39, 0.29) is 28.7 Å². The van der Waals surface area contributed by atoms with Crippen LogP contribution in [0.2, 0.25) is 5.02 Å². The van der Waals surface area contributed by atoms with Crippen molar-refractivity contribution in [3.63, 3.8) is 0 Å². The Morgan fingerprint density at radius 1 is 1.20 bits per heavy atom. The van der Waals surface area contributed by atoms with Crippen molar-refractivity contribution >= 4 is 17.4 Å². The van der Waals surface area contributed by atoms with Gasteiger partial charge in [0, 0.05) is 0 Å². The molecule has 0 aliphatic carbocycles. The van der Waals surface area contributed by atoms with Gasteiger partial charge in [-0.25, -0.2) is 8.78 Å². The van der Waals surface area contributed by atoms with Crippen molar-refractivity contribution in [2.24, 2.45) is 0 Å². The molecule has 0 saturated heterocycles. The number of benzene rings is 2. The predicted molar refractivity (Wildman–Crippen MR) is 72.1 cm³/mol. The molecule has 20 heavy (non-hydrogen) atoms. The standard InChI is InChI=1S/C15H11ClF2O2/c1-9(19)12-7-11(17)3-5-15(12)20-8-10-2-4-13(16)14(18)6-10/h2-7H,8H2,1H3. The van der Waals surface area contributed by atoms with E-state index >= 15 is 0 Å². The Balaban J connectivity index is 2.18. The van der Waals surface area contributed by atoms with Gasteiger partial charge in [-0.15, -0.1) is 0 Å². The van der Waals surface area contributed by atoms with E-state index in [4.69, 9.17) is 16.3 Å². The first-order valence-electron chi connectivity index (χ1n) is 5.84. The molecule has 2 aromatic carbocycles. The number of rotatable bonds is 4. The van der Waals surface area contributed by atoms with Gasteiger partial charge in [0.05, 0.1) is 10.6 Å². The Hall–Kier alpha value is -1.94. The summed E-state index contributed by atoms with van der Waals surface area (Å²) in [4.78, 5) is 11.4. The third-order valence-corrected chi connectivity index (χ3v) is 3.01. The van der Waals surface area contributed by atoms with Crippen molar-refractivity contribution < 1.29 is 18.3 Å². The fourth-order valence-electron chi connectivity index (χ4n) is 1.69. The Kier molecular flexibility index (Phi) is 4.35. The highest BCUT2D eigenvalue weighted by Crippen LogP contribution is 2.22. The van der Waals surface area contributed by atoms with Crippen LogP contribution in [0.15, 0.2) is 36.4 Å². The molecule has 0 aromatic heterocycles. The van der Waals surface area contributed by atoms with E-state index in [1.165, 1.54) is 31.2 Å². The second kappa shape index (κ2) is 6.01. The normalized spacial score (nSPS) is 10.4. The second-order valence-electron chi connectivity index (χ2n) is 4.23. The summed E-state index contributed by atoms with van der Waals surface area (Å²) in [5.41, 5.74) is 0.713. The highest BCUT2D eigenvalue weighted by molar-refractivity contribution is 6.30. The minimum absolute atomic E-state index is 0.0277. The minimum atomic E-state index is -0.543. The smallest absolute Gasteiger partial charge is 0.163 e. The molecule has 104 valence electrons. The van der Waals surface area contributed by atoms with Gasteiger partial charge in [0.15, 0.2) is 5.78 Å². The summed E-state index contributed by atoms with van der Waals surface area (Å²) in [5, 5.41) is 0.0277. The van der Waals surface area contributed by atoms with Crippen LogP contribution in [0.5, 0.6) is 5.75 Å². The maximum absolute atomic E-state index is 13.3. The van der Waals surface area contributed by atoms with Gasteiger partial charge in [-0.1, -0.05) is 17.7 Å². The maximum Gasteiger partial charge on any atom is 0.163 e. The van der Waals surface area contributed by atoms with Crippen LogP contribution < -0.4 is 4.74 Å². The molecule has 0 fully saturated rings. The zero-order valence-electron chi connectivity index (χ0n) is 10.6. The Morgan fingerprint density at radius 2 is 1.95 bits per heavy atom. The van der Waals surface area contributed by atoms with Gasteiger partial charge in [-0.2, -0.15) is 0 Å². The Morgan fingerprint density at radius 3 is 2.60 bits per heavy atom. The summed E-state index contributed by atoms with van der Waals surface area (Å²) >= 11 is 5.58. The summed E-state index contributed by atoms with van der Waals surface area (Å²) in [6.07, 6.45) is 0.